The van der Waals surface area contributed by atoms with Gasteiger partial charge in [0.15, 0.2) is 0 Å². The van der Waals surface area contributed by atoms with Crippen molar-refractivity contribution in [1.29, 1.82) is 0 Å². The standard InChI is InChI=1S/C13H24N2O3/c1-2-5-11-6-4-9-15(10-11)13(18)14-8-3-7-12(16)17/h11H,2-10H2,1H3,(H,14,18)(H,16,17). The minimum Gasteiger partial charge on any atom is -0.481 e. The molecule has 1 atom stereocenters. The molecule has 0 saturated carbocycles. The topological polar surface area (TPSA) is 69.6 Å². The van der Waals surface area contributed by atoms with Crippen LogP contribution in [0, 0.1) is 5.92 Å². The van der Waals surface area contributed by atoms with Gasteiger partial charge in [0.1, 0.15) is 0 Å². The summed E-state index contributed by atoms with van der Waals surface area (Å²) in [6.45, 7) is 4.29. The molecule has 1 aliphatic rings. The Morgan fingerprint density at radius 2 is 2.22 bits per heavy atom. The Bertz CT molecular complexity index is 279. The summed E-state index contributed by atoms with van der Waals surface area (Å²) < 4.78 is 0. The molecule has 0 bridgehead atoms. The summed E-state index contributed by atoms with van der Waals surface area (Å²) in [5.74, 6) is -0.182. The van der Waals surface area contributed by atoms with Gasteiger partial charge in [-0.3, -0.25) is 4.79 Å². The molecule has 1 rings (SSSR count). The van der Waals surface area contributed by atoms with Crippen LogP contribution in [0.4, 0.5) is 4.79 Å². The van der Waals surface area contributed by atoms with E-state index in [-0.39, 0.29) is 12.5 Å². The largest absolute Gasteiger partial charge is 0.481 e. The number of urea groups is 1. The van der Waals surface area contributed by atoms with Crippen molar-refractivity contribution in [3.8, 4) is 0 Å². The molecule has 5 heteroatoms. The Morgan fingerprint density at radius 1 is 1.44 bits per heavy atom. The molecule has 5 nitrogen and oxygen atoms in total. The van der Waals surface area contributed by atoms with Crippen molar-refractivity contribution in [2.24, 2.45) is 5.92 Å². The Labute approximate surface area is 109 Å². The zero-order chi connectivity index (χ0) is 13.4. The van der Waals surface area contributed by atoms with Crippen LogP contribution in [0.3, 0.4) is 0 Å². The molecule has 1 saturated heterocycles. The van der Waals surface area contributed by atoms with E-state index >= 15 is 0 Å². The van der Waals surface area contributed by atoms with Gasteiger partial charge in [-0.05, 0) is 31.6 Å². The molecule has 1 heterocycles. The maximum absolute atomic E-state index is 11.9. The summed E-state index contributed by atoms with van der Waals surface area (Å²) in [6, 6.07) is -0.0406. The zero-order valence-corrected chi connectivity index (χ0v) is 11.2. The Balaban J connectivity index is 2.21. The summed E-state index contributed by atoms with van der Waals surface area (Å²) in [5.41, 5.74) is 0. The number of carbonyl (C=O) groups excluding carboxylic acids is 1. The van der Waals surface area contributed by atoms with Crippen molar-refractivity contribution in [1.82, 2.24) is 10.2 Å². The number of likely N-dealkylation sites (tertiary alicyclic amines) is 1. The highest BCUT2D eigenvalue weighted by Gasteiger charge is 2.22. The van der Waals surface area contributed by atoms with Gasteiger partial charge in [-0.2, -0.15) is 0 Å². The monoisotopic (exact) mass is 256 g/mol. The number of aliphatic carboxylic acids is 1. The van der Waals surface area contributed by atoms with Gasteiger partial charge in [0, 0.05) is 26.1 Å². The lowest BCUT2D eigenvalue weighted by molar-refractivity contribution is -0.137. The normalized spacial score (nSPS) is 19.6. The van der Waals surface area contributed by atoms with Crippen LogP contribution in [0.15, 0.2) is 0 Å². The van der Waals surface area contributed by atoms with Gasteiger partial charge in [0.25, 0.3) is 0 Å². The summed E-state index contributed by atoms with van der Waals surface area (Å²) >= 11 is 0. The van der Waals surface area contributed by atoms with Gasteiger partial charge in [0.05, 0.1) is 0 Å². The smallest absolute Gasteiger partial charge is 0.317 e. The first kappa shape index (κ1) is 14.8. The van der Waals surface area contributed by atoms with Crippen molar-refractivity contribution in [3.63, 3.8) is 0 Å². The third-order valence-electron chi connectivity index (χ3n) is 3.35. The molecule has 1 aliphatic heterocycles. The SMILES string of the molecule is CCCC1CCCN(C(=O)NCCCC(=O)O)C1. The van der Waals surface area contributed by atoms with E-state index in [1.165, 1.54) is 19.3 Å². The van der Waals surface area contributed by atoms with Crippen molar-refractivity contribution >= 4 is 12.0 Å². The second-order valence-corrected chi connectivity index (χ2v) is 4.97. The minimum absolute atomic E-state index is 0.0406. The number of nitrogens with zero attached hydrogens (tertiary/aromatic N) is 1. The number of carboxylic acids is 1. The van der Waals surface area contributed by atoms with Gasteiger partial charge < -0.3 is 15.3 Å². The van der Waals surface area contributed by atoms with Crippen LogP contribution in [0.1, 0.15) is 45.4 Å². The van der Waals surface area contributed by atoms with Gasteiger partial charge in [-0.25, -0.2) is 4.79 Å². The molecular weight excluding hydrogens is 232 g/mol. The number of amides is 2. The van der Waals surface area contributed by atoms with E-state index in [1.54, 1.807) is 0 Å². The molecule has 104 valence electrons. The van der Waals surface area contributed by atoms with E-state index in [2.05, 4.69) is 12.2 Å². The molecule has 0 aliphatic carbocycles. The van der Waals surface area contributed by atoms with Gasteiger partial charge in [0.2, 0.25) is 0 Å². The molecule has 1 unspecified atom stereocenters. The first-order valence-electron chi connectivity index (χ1n) is 6.88. The van der Waals surface area contributed by atoms with Crippen molar-refractivity contribution in [2.75, 3.05) is 19.6 Å². The number of nitrogens with one attached hydrogen (secondary N) is 1. The quantitative estimate of drug-likeness (QED) is 0.715. The third kappa shape index (κ3) is 5.38. The van der Waals surface area contributed by atoms with Crippen LogP contribution in [-0.2, 0) is 4.79 Å². The molecule has 0 radical (unpaired) electrons. The second kappa shape index (κ2) is 7.95. The minimum atomic E-state index is -0.815. The maximum atomic E-state index is 11.9. The van der Waals surface area contributed by atoms with Crippen LogP contribution < -0.4 is 5.32 Å². The number of piperidine rings is 1. The second-order valence-electron chi connectivity index (χ2n) is 4.97. The summed E-state index contributed by atoms with van der Waals surface area (Å²) in [5, 5.41) is 11.3. The van der Waals surface area contributed by atoms with E-state index in [0.29, 0.717) is 18.9 Å². The molecular formula is C13H24N2O3. The summed E-state index contributed by atoms with van der Waals surface area (Å²) in [6.07, 6.45) is 5.25. The molecule has 0 aromatic heterocycles. The van der Waals surface area contributed by atoms with Crippen LogP contribution in [0.5, 0.6) is 0 Å². The Kier molecular flexibility index (Phi) is 6.54. The lowest BCUT2D eigenvalue weighted by Gasteiger charge is -2.32. The summed E-state index contributed by atoms with van der Waals surface area (Å²) in [4.78, 5) is 24.1. The highest BCUT2D eigenvalue weighted by atomic mass is 16.4. The number of rotatable bonds is 6. The predicted octanol–water partition coefficient (Wildman–Crippen LogP) is 2.07. The molecule has 0 spiro atoms. The van der Waals surface area contributed by atoms with Gasteiger partial charge in [-0.1, -0.05) is 13.3 Å². The Morgan fingerprint density at radius 3 is 2.89 bits per heavy atom. The lowest BCUT2D eigenvalue weighted by atomic mass is 9.94. The fourth-order valence-electron chi connectivity index (χ4n) is 2.44. The Hall–Kier alpha value is -1.26. The van der Waals surface area contributed by atoms with E-state index in [4.69, 9.17) is 5.11 Å². The number of hydrogen-bond donors (Lipinski definition) is 2. The van der Waals surface area contributed by atoms with E-state index < -0.39 is 5.97 Å². The van der Waals surface area contributed by atoms with Crippen LogP contribution in [0.2, 0.25) is 0 Å². The maximum Gasteiger partial charge on any atom is 0.317 e. The molecule has 2 N–H and O–H groups in total. The van der Waals surface area contributed by atoms with Crippen LogP contribution in [0.25, 0.3) is 0 Å². The van der Waals surface area contributed by atoms with E-state index in [0.717, 1.165) is 19.5 Å². The fraction of sp³-hybridized carbons (Fsp3) is 0.846. The number of carboxylic acid groups (broad SMARTS) is 1. The van der Waals surface area contributed by atoms with Crippen LogP contribution in [-0.4, -0.2) is 41.6 Å². The first-order chi connectivity index (χ1) is 8.63. The molecule has 2 amide bonds. The van der Waals surface area contributed by atoms with Gasteiger partial charge in [-0.15, -0.1) is 0 Å². The van der Waals surface area contributed by atoms with Crippen molar-refractivity contribution < 1.29 is 14.7 Å². The number of carbonyl (C=O) groups is 2. The summed E-state index contributed by atoms with van der Waals surface area (Å²) in [7, 11) is 0. The van der Waals surface area contributed by atoms with Crippen molar-refractivity contribution in [2.45, 2.75) is 45.4 Å². The molecule has 0 aromatic rings. The number of hydrogen-bond acceptors (Lipinski definition) is 2. The zero-order valence-electron chi connectivity index (χ0n) is 11.2. The predicted molar refractivity (Wildman–Crippen MR) is 69.5 cm³/mol. The van der Waals surface area contributed by atoms with Crippen LogP contribution >= 0.6 is 0 Å². The van der Waals surface area contributed by atoms with E-state index in [9.17, 15) is 9.59 Å². The highest BCUT2D eigenvalue weighted by molar-refractivity contribution is 5.74. The molecule has 18 heavy (non-hydrogen) atoms. The highest BCUT2D eigenvalue weighted by Crippen LogP contribution is 2.20. The van der Waals surface area contributed by atoms with Gasteiger partial charge >= 0.3 is 12.0 Å². The molecule has 0 aromatic carbocycles. The fourth-order valence-corrected chi connectivity index (χ4v) is 2.44. The van der Waals surface area contributed by atoms with Crippen molar-refractivity contribution in [3.05, 3.63) is 0 Å². The average Bonchev–Trinajstić information content (AvgIpc) is 2.35. The van der Waals surface area contributed by atoms with E-state index in [1.807, 2.05) is 4.90 Å². The third-order valence-corrected chi connectivity index (χ3v) is 3.35. The molecule has 1 fully saturated rings. The lowest BCUT2D eigenvalue weighted by Crippen LogP contribution is -2.45. The first-order valence-corrected chi connectivity index (χ1v) is 6.88. The average molecular weight is 256 g/mol.